The summed E-state index contributed by atoms with van der Waals surface area (Å²) in [5, 5.41) is 8.50. The zero-order chi connectivity index (χ0) is 23.4. The van der Waals surface area contributed by atoms with E-state index in [1.54, 1.807) is 44.2 Å². The molecule has 0 saturated carbocycles. The van der Waals surface area contributed by atoms with E-state index in [0.717, 1.165) is 18.4 Å². The van der Waals surface area contributed by atoms with Gasteiger partial charge in [-0.15, -0.1) is 4.40 Å². The average Bonchev–Trinajstić information content (AvgIpc) is 2.71. The average molecular weight is 463 g/mol. The molecular weight excluding hydrogens is 431 g/mol. The highest BCUT2D eigenvalue weighted by Crippen LogP contribution is 2.42. The van der Waals surface area contributed by atoms with Crippen LogP contribution in [0.3, 0.4) is 0 Å². The maximum atomic E-state index is 14.3. The molecule has 32 heavy (non-hydrogen) atoms. The number of aliphatic hydroxyl groups is 1. The summed E-state index contributed by atoms with van der Waals surface area (Å²) in [6.07, 6.45) is 2.03. The predicted octanol–water partition coefficient (Wildman–Crippen LogP) is 3.85. The van der Waals surface area contributed by atoms with Gasteiger partial charge in [-0.1, -0.05) is 42.5 Å². The number of hydrogen-bond donors (Lipinski definition) is 2. The third kappa shape index (κ3) is 5.54. The van der Waals surface area contributed by atoms with Gasteiger partial charge in [0, 0.05) is 13.0 Å². The molecule has 174 valence electrons. The van der Waals surface area contributed by atoms with Crippen molar-refractivity contribution in [1.29, 1.82) is 0 Å². The second-order valence-electron chi connectivity index (χ2n) is 8.65. The van der Waals surface area contributed by atoms with Gasteiger partial charge in [-0.2, -0.15) is 0 Å². The largest absolute Gasteiger partial charge is 0.472 e. The van der Waals surface area contributed by atoms with Crippen molar-refractivity contribution >= 4 is 15.9 Å². The van der Waals surface area contributed by atoms with E-state index in [-0.39, 0.29) is 25.3 Å². The molecule has 3 rings (SSSR count). The lowest BCUT2D eigenvalue weighted by atomic mass is 9.91. The summed E-state index contributed by atoms with van der Waals surface area (Å²) in [7, 11) is -3.93. The quantitative estimate of drug-likeness (QED) is 0.589. The topological polar surface area (TPSA) is 102 Å². The highest BCUT2D eigenvalue weighted by molar-refractivity contribution is 7.90. The first-order valence-corrected chi connectivity index (χ1v) is 12.3. The predicted molar refractivity (Wildman–Crippen MR) is 124 cm³/mol. The minimum atomic E-state index is -3.93. The van der Waals surface area contributed by atoms with Gasteiger partial charge in [-0.05, 0) is 68.3 Å². The van der Waals surface area contributed by atoms with Crippen LogP contribution in [0.15, 0.2) is 52.9 Å². The molecule has 0 radical (unpaired) electrons. The number of benzene rings is 2. The minimum Gasteiger partial charge on any atom is -0.472 e. The number of hydrogen-bond acceptors (Lipinski definition) is 5. The number of aliphatic hydroxyl groups excluding tert-OH is 1. The molecule has 2 atom stereocenters. The SMILES string of the molecule is CC1(C)OC(C[C@@H](CCO)c2ccccc2F)=NS(=O)(=O)C1c1ccc(CCCN)cc1. The highest BCUT2D eigenvalue weighted by atomic mass is 32.2. The van der Waals surface area contributed by atoms with Crippen molar-refractivity contribution < 1.29 is 22.7 Å². The Morgan fingerprint density at radius 1 is 1.19 bits per heavy atom. The van der Waals surface area contributed by atoms with Gasteiger partial charge >= 0.3 is 0 Å². The molecule has 0 spiro atoms. The van der Waals surface area contributed by atoms with Gasteiger partial charge < -0.3 is 15.6 Å². The molecule has 8 heteroatoms. The van der Waals surface area contributed by atoms with Crippen LogP contribution in [0.25, 0.3) is 0 Å². The van der Waals surface area contributed by atoms with Crippen LogP contribution in [0.1, 0.15) is 61.0 Å². The number of aryl methyl sites for hydroxylation is 1. The number of rotatable bonds is 9. The van der Waals surface area contributed by atoms with Crippen LogP contribution in [0, 0.1) is 5.82 Å². The van der Waals surface area contributed by atoms with Gasteiger partial charge in [0.1, 0.15) is 16.7 Å². The molecule has 0 fully saturated rings. The summed E-state index contributed by atoms with van der Waals surface area (Å²) in [4.78, 5) is 0. The van der Waals surface area contributed by atoms with E-state index in [0.29, 0.717) is 17.7 Å². The normalized spacial score (nSPS) is 20.3. The highest BCUT2D eigenvalue weighted by Gasteiger charge is 2.47. The van der Waals surface area contributed by atoms with Crippen LogP contribution in [0.4, 0.5) is 4.39 Å². The first-order valence-electron chi connectivity index (χ1n) is 10.8. The Labute approximate surface area is 189 Å². The van der Waals surface area contributed by atoms with Gasteiger partial charge in [0.2, 0.25) is 5.90 Å². The Kier molecular flexibility index (Phi) is 7.69. The van der Waals surface area contributed by atoms with Crippen LogP contribution in [0.5, 0.6) is 0 Å². The van der Waals surface area contributed by atoms with Crippen LogP contribution < -0.4 is 5.73 Å². The Hall–Kier alpha value is -2.29. The molecule has 2 aromatic rings. The Morgan fingerprint density at radius 2 is 1.88 bits per heavy atom. The zero-order valence-electron chi connectivity index (χ0n) is 18.5. The maximum Gasteiger partial charge on any atom is 0.267 e. The van der Waals surface area contributed by atoms with E-state index in [9.17, 15) is 17.9 Å². The van der Waals surface area contributed by atoms with Crippen molar-refractivity contribution in [3.8, 4) is 0 Å². The molecule has 1 unspecified atom stereocenters. The van der Waals surface area contributed by atoms with E-state index >= 15 is 0 Å². The zero-order valence-corrected chi connectivity index (χ0v) is 19.3. The fraction of sp³-hybridized carbons (Fsp3) is 0.458. The van der Waals surface area contributed by atoms with Crippen molar-refractivity contribution in [2.24, 2.45) is 10.1 Å². The van der Waals surface area contributed by atoms with Gasteiger partial charge in [-0.25, -0.2) is 12.8 Å². The van der Waals surface area contributed by atoms with Gasteiger partial charge in [0.05, 0.1) is 0 Å². The summed E-state index contributed by atoms with van der Waals surface area (Å²) in [5.74, 6) is -0.825. The number of sulfonamides is 1. The molecule has 1 aliphatic heterocycles. The van der Waals surface area contributed by atoms with Crippen LogP contribution in [-0.4, -0.2) is 38.2 Å². The van der Waals surface area contributed by atoms with Gasteiger partial charge in [-0.3, -0.25) is 0 Å². The van der Waals surface area contributed by atoms with Gasteiger partial charge in [0.25, 0.3) is 10.0 Å². The van der Waals surface area contributed by atoms with Crippen LogP contribution >= 0.6 is 0 Å². The fourth-order valence-corrected chi connectivity index (χ4v) is 6.05. The monoisotopic (exact) mass is 462 g/mol. The minimum absolute atomic E-state index is 0.0347. The lowest BCUT2D eigenvalue weighted by Crippen LogP contribution is -2.43. The van der Waals surface area contributed by atoms with E-state index in [1.807, 2.05) is 12.1 Å². The number of halogens is 1. The molecule has 0 bridgehead atoms. The summed E-state index contributed by atoms with van der Waals surface area (Å²) in [6, 6.07) is 13.7. The molecule has 0 aromatic heterocycles. The van der Waals surface area contributed by atoms with Crippen LogP contribution in [-0.2, 0) is 21.2 Å². The lowest BCUT2D eigenvalue weighted by molar-refractivity contribution is 0.0797. The molecule has 0 saturated heterocycles. The van der Waals surface area contributed by atoms with Crippen molar-refractivity contribution in [3.05, 3.63) is 71.0 Å². The molecule has 2 aromatic carbocycles. The Balaban J connectivity index is 1.89. The first-order chi connectivity index (χ1) is 15.2. The summed E-state index contributed by atoms with van der Waals surface area (Å²) >= 11 is 0. The Bertz CT molecular complexity index is 1050. The second-order valence-corrected chi connectivity index (χ2v) is 10.3. The standard InChI is InChI=1S/C24H31FN2O4S/c1-24(2)23(18-11-9-17(10-12-18)6-5-14-26)32(29,30)27-22(31-24)16-19(13-15-28)20-7-3-4-8-21(20)25/h3-4,7-12,19,23,28H,5-6,13-16,26H2,1-2H3/t19-,23?/m1/s1. The molecule has 6 nitrogen and oxygen atoms in total. The number of nitrogens with two attached hydrogens (primary N) is 1. The number of ether oxygens (including phenoxy) is 1. The molecule has 1 heterocycles. The van der Waals surface area contributed by atoms with Crippen molar-refractivity contribution in [3.63, 3.8) is 0 Å². The molecule has 0 amide bonds. The molecular formula is C24H31FN2O4S. The van der Waals surface area contributed by atoms with E-state index in [2.05, 4.69) is 4.40 Å². The fourth-order valence-electron chi connectivity index (χ4n) is 4.29. The smallest absolute Gasteiger partial charge is 0.267 e. The van der Waals surface area contributed by atoms with Crippen LogP contribution in [0.2, 0.25) is 0 Å². The third-order valence-electron chi connectivity index (χ3n) is 5.73. The Morgan fingerprint density at radius 3 is 2.47 bits per heavy atom. The summed E-state index contributed by atoms with van der Waals surface area (Å²) in [6.45, 7) is 3.87. The summed E-state index contributed by atoms with van der Waals surface area (Å²) in [5.41, 5.74) is 6.58. The van der Waals surface area contributed by atoms with E-state index in [1.165, 1.54) is 6.07 Å². The molecule has 3 N–H and O–H groups in total. The van der Waals surface area contributed by atoms with Crippen molar-refractivity contribution in [2.45, 2.75) is 56.3 Å². The third-order valence-corrected chi connectivity index (χ3v) is 7.63. The van der Waals surface area contributed by atoms with E-state index < -0.39 is 32.6 Å². The second kappa shape index (κ2) is 10.1. The molecule has 1 aliphatic rings. The summed E-state index contributed by atoms with van der Waals surface area (Å²) < 4.78 is 50.8. The maximum absolute atomic E-state index is 14.3. The number of nitrogens with zero attached hydrogens (tertiary/aromatic N) is 1. The van der Waals surface area contributed by atoms with Gasteiger partial charge in [0.15, 0.2) is 0 Å². The van der Waals surface area contributed by atoms with Crippen molar-refractivity contribution in [1.82, 2.24) is 0 Å². The van der Waals surface area contributed by atoms with E-state index in [4.69, 9.17) is 10.5 Å². The van der Waals surface area contributed by atoms with Crippen molar-refractivity contribution in [2.75, 3.05) is 13.2 Å². The lowest BCUT2D eigenvalue weighted by Gasteiger charge is -2.38. The first kappa shape index (κ1) is 24.4. The molecule has 0 aliphatic carbocycles.